The van der Waals surface area contributed by atoms with Crippen LogP contribution in [0.4, 0.5) is 0 Å². The van der Waals surface area contributed by atoms with Gasteiger partial charge in [0.25, 0.3) is 0 Å². The van der Waals surface area contributed by atoms with Crippen molar-refractivity contribution in [3.63, 3.8) is 0 Å². The Hall–Kier alpha value is -0.440. The predicted octanol–water partition coefficient (Wildman–Crippen LogP) is 2.59. The third-order valence-corrected chi connectivity index (χ3v) is 0.748. The van der Waals surface area contributed by atoms with Crippen molar-refractivity contribution in [2.24, 2.45) is 0 Å². The van der Waals surface area contributed by atoms with Crippen molar-refractivity contribution in [1.29, 1.82) is 0 Å². The van der Waals surface area contributed by atoms with Crippen molar-refractivity contribution in [2.75, 3.05) is 0 Å². The van der Waals surface area contributed by atoms with Crippen LogP contribution in [0.5, 0.6) is 0 Å². The maximum atomic E-state index is 4.89. The van der Waals surface area contributed by atoms with E-state index in [1.165, 1.54) is 19.3 Å². The second kappa shape index (κ2) is 6.56. The fourth-order valence-corrected chi connectivity index (χ4v) is 0.144. The van der Waals surface area contributed by atoms with Crippen LogP contribution in [0.2, 0.25) is 0 Å². The zero-order valence-corrected chi connectivity index (χ0v) is 5.61. The van der Waals surface area contributed by atoms with Gasteiger partial charge in [0.1, 0.15) is 0 Å². The molecule has 0 nitrogen and oxygen atoms in total. The number of hydrogen-bond acceptors (Lipinski definition) is 0. The molecule has 1 saturated carbocycles. The predicted molar refractivity (Wildman–Crippen MR) is 37.6 cm³/mol. The molecule has 0 saturated heterocycles. The Morgan fingerprint density at radius 2 is 1.88 bits per heavy atom. The van der Waals surface area contributed by atoms with Crippen LogP contribution < -0.4 is 0 Å². The van der Waals surface area contributed by atoms with Crippen molar-refractivity contribution in [3.8, 4) is 12.3 Å². The monoisotopic (exact) mass is 110 g/mol. The molecule has 0 N–H and O–H groups in total. The summed E-state index contributed by atoms with van der Waals surface area (Å²) in [5.74, 6) is 2.52. The average Bonchev–Trinajstić information content (AvgIpc) is 2.50. The summed E-state index contributed by atoms with van der Waals surface area (Å²) in [6.07, 6.45) is 11.4. The highest BCUT2D eigenvalue weighted by atomic mass is 14.0. The maximum Gasteiger partial charge on any atom is 0.00834 e. The van der Waals surface area contributed by atoms with Crippen LogP contribution in [0.25, 0.3) is 0 Å². The van der Waals surface area contributed by atoms with Gasteiger partial charge in [-0.15, -0.1) is 12.3 Å². The van der Waals surface area contributed by atoms with Gasteiger partial charge in [0.15, 0.2) is 0 Å². The van der Waals surface area contributed by atoms with Gasteiger partial charge in [-0.05, 0) is 6.42 Å². The zero-order chi connectivity index (χ0) is 6.24. The summed E-state index contributed by atoms with van der Waals surface area (Å²) >= 11 is 0. The fourth-order valence-electron chi connectivity index (χ4n) is 0.144. The highest BCUT2D eigenvalue weighted by molar-refractivity contribution is 4.81. The van der Waals surface area contributed by atoms with Crippen LogP contribution in [-0.4, -0.2) is 0 Å². The Balaban J connectivity index is 0.000000135. The van der Waals surface area contributed by atoms with Crippen LogP contribution in [0.15, 0.2) is 0 Å². The van der Waals surface area contributed by atoms with E-state index in [4.69, 9.17) is 6.42 Å². The molecule has 0 atom stereocenters. The van der Waals surface area contributed by atoms with Gasteiger partial charge in [0, 0.05) is 6.42 Å². The Morgan fingerprint density at radius 3 is 1.88 bits per heavy atom. The van der Waals surface area contributed by atoms with E-state index in [0.29, 0.717) is 0 Å². The third-order valence-electron chi connectivity index (χ3n) is 0.748. The first kappa shape index (κ1) is 7.56. The van der Waals surface area contributed by atoms with Crippen molar-refractivity contribution in [2.45, 2.75) is 39.0 Å². The third kappa shape index (κ3) is 17.6. The summed E-state index contributed by atoms with van der Waals surface area (Å²) in [5.41, 5.74) is 0. The van der Waals surface area contributed by atoms with E-state index in [1.807, 2.05) is 0 Å². The van der Waals surface area contributed by atoms with E-state index in [-0.39, 0.29) is 0 Å². The molecule has 0 aromatic rings. The maximum absolute atomic E-state index is 4.89. The van der Waals surface area contributed by atoms with Gasteiger partial charge >= 0.3 is 0 Å². The van der Waals surface area contributed by atoms with E-state index in [0.717, 1.165) is 12.8 Å². The van der Waals surface area contributed by atoms with Gasteiger partial charge in [-0.1, -0.05) is 26.2 Å². The van der Waals surface area contributed by atoms with Crippen molar-refractivity contribution < 1.29 is 0 Å². The minimum Gasteiger partial charge on any atom is -0.120 e. The van der Waals surface area contributed by atoms with Crippen LogP contribution >= 0.6 is 0 Å². The topological polar surface area (TPSA) is 0 Å². The van der Waals surface area contributed by atoms with E-state index in [1.54, 1.807) is 0 Å². The highest BCUT2D eigenvalue weighted by Crippen LogP contribution is 2.14. The quantitative estimate of drug-likeness (QED) is 0.455. The Labute approximate surface area is 52.3 Å². The first-order valence-corrected chi connectivity index (χ1v) is 3.35. The fraction of sp³-hybridized carbons (Fsp3) is 0.750. The molecule has 1 aliphatic carbocycles. The molecular weight excluding hydrogens is 96.1 g/mol. The molecule has 0 heteroatoms. The van der Waals surface area contributed by atoms with Gasteiger partial charge in [-0.3, -0.25) is 0 Å². The lowest BCUT2D eigenvalue weighted by molar-refractivity contribution is 0.984. The highest BCUT2D eigenvalue weighted by Gasteiger charge is 1.95. The minimum absolute atomic E-state index is 0.917. The van der Waals surface area contributed by atoms with Gasteiger partial charge in [-0.2, -0.15) is 0 Å². The molecule has 0 bridgehead atoms. The molecule has 1 aliphatic rings. The first-order chi connectivity index (χ1) is 3.91. The molecule has 0 aliphatic heterocycles. The number of terminal acetylenes is 1. The number of unbranched alkanes of at least 4 members (excludes halogenated alkanes) is 1. The van der Waals surface area contributed by atoms with Gasteiger partial charge < -0.3 is 0 Å². The van der Waals surface area contributed by atoms with Crippen molar-refractivity contribution in [1.82, 2.24) is 0 Å². The summed E-state index contributed by atoms with van der Waals surface area (Å²) in [6, 6.07) is 0. The molecule has 0 unspecified atom stereocenters. The van der Waals surface area contributed by atoms with Crippen LogP contribution in [0.3, 0.4) is 0 Å². The largest absolute Gasteiger partial charge is 0.120 e. The molecule has 0 radical (unpaired) electrons. The number of hydrogen-bond donors (Lipinski definition) is 0. The van der Waals surface area contributed by atoms with Gasteiger partial charge in [0.05, 0.1) is 0 Å². The molecule has 0 aromatic heterocycles. The molecule has 0 amide bonds. The lowest BCUT2D eigenvalue weighted by atomic mass is 10.4. The Morgan fingerprint density at radius 1 is 1.38 bits per heavy atom. The average molecular weight is 110 g/mol. The summed E-state index contributed by atoms with van der Waals surface area (Å²) < 4.78 is 0. The second-order valence-corrected chi connectivity index (χ2v) is 2.01. The van der Waals surface area contributed by atoms with Crippen molar-refractivity contribution in [3.05, 3.63) is 0 Å². The molecule has 0 spiro atoms. The minimum atomic E-state index is 0.917. The molecule has 1 rings (SSSR count). The van der Waals surface area contributed by atoms with Crippen LogP contribution in [0, 0.1) is 12.3 Å². The molecule has 1 fully saturated rings. The zero-order valence-electron chi connectivity index (χ0n) is 5.61. The van der Waals surface area contributed by atoms with Crippen LogP contribution in [0.1, 0.15) is 39.0 Å². The molecule has 8 heavy (non-hydrogen) atoms. The second-order valence-electron chi connectivity index (χ2n) is 2.01. The van der Waals surface area contributed by atoms with E-state index < -0.39 is 0 Å². The summed E-state index contributed by atoms with van der Waals surface area (Å²) in [4.78, 5) is 0. The molecular formula is C8H14. The standard InChI is InChI=1S/C5H8.C3H6/c1-3-5-4-2;1-2-3-1/h1H,4-5H2,2H3;1-3H2. The number of rotatable bonds is 1. The van der Waals surface area contributed by atoms with Crippen molar-refractivity contribution >= 4 is 0 Å². The molecule has 0 aromatic carbocycles. The normalized spacial score (nSPS) is 13.0. The van der Waals surface area contributed by atoms with Gasteiger partial charge in [0.2, 0.25) is 0 Å². The van der Waals surface area contributed by atoms with E-state index >= 15 is 0 Å². The lowest BCUT2D eigenvalue weighted by Crippen LogP contribution is -1.53. The molecule has 46 valence electrons. The SMILES string of the molecule is C#CCCC.C1CC1. The van der Waals surface area contributed by atoms with Crippen LogP contribution in [-0.2, 0) is 0 Å². The Bertz CT molecular complexity index is 61.8. The van der Waals surface area contributed by atoms with E-state index in [9.17, 15) is 0 Å². The molecule has 0 heterocycles. The van der Waals surface area contributed by atoms with Gasteiger partial charge in [-0.25, -0.2) is 0 Å². The van der Waals surface area contributed by atoms with E-state index in [2.05, 4.69) is 12.8 Å². The lowest BCUT2D eigenvalue weighted by Gasteiger charge is -1.69. The first-order valence-electron chi connectivity index (χ1n) is 3.35. The summed E-state index contributed by atoms with van der Waals surface area (Å²) in [5, 5.41) is 0. The Kier molecular flexibility index (Phi) is 6.20. The summed E-state index contributed by atoms with van der Waals surface area (Å²) in [7, 11) is 0. The smallest absolute Gasteiger partial charge is 0.00834 e. The summed E-state index contributed by atoms with van der Waals surface area (Å²) in [6.45, 7) is 2.07.